The summed E-state index contributed by atoms with van der Waals surface area (Å²) in [6, 6.07) is 8.92. The standard InChI is InChI=1S/C14H11F3N2S/c1-9(13-3-2-6-20-13)19-11-5-4-10(8-18)12(7-11)14(15,16)17/h2-7,9,19H,1H3. The van der Waals surface area contributed by atoms with Crippen molar-refractivity contribution in [3.8, 4) is 6.07 Å². The van der Waals surface area contributed by atoms with Gasteiger partial charge in [0.05, 0.1) is 23.2 Å². The predicted molar refractivity (Wildman–Crippen MR) is 72.5 cm³/mol. The molecule has 1 unspecified atom stereocenters. The minimum Gasteiger partial charge on any atom is -0.378 e. The van der Waals surface area contributed by atoms with Gasteiger partial charge in [-0.15, -0.1) is 11.3 Å². The smallest absolute Gasteiger partial charge is 0.378 e. The van der Waals surface area contributed by atoms with Gasteiger partial charge in [-0.05, 0) is 36.6 Å². The fraction of sp³-hybridized carbons (Fsp3) is 0.214. The van der Waals surface area contributed by atoms with E-state index in [2.05, 4.69) is 5.32 Å². The van der Waals surface area contributed by atoms with Gasteiger partial charge in [0.2, 0.25) is 0 Å². The number of nitriles is 1. The van der Waals surface area contributed by atoms with Crippen molar-refractivity contribution >= 4 is 17.0 Å². The predicted octanol–water partition coefficient (Wildman–Crippen LogP) is 4.81. The number of thiophene rings is 1. The lowest BCUT2D eigenvalue weighted by Gasteiger charge is -2.16. The van der Waals surface area contributed by atoms with Crippen LogP contribution in [0.15, 0.2) is 35.7 Å². The topological polar surface area (TPSA) is 35.8 Å². The molecule has 1 atom stereocenters. The Bertz CT molecular complexity index is 627. The van der Waals surface area contributed by atoms with Gasteiger partial charge in [-0.1, -0.05) is 6.07 Å². The lowest BCUT2D eigenvalue weighted by Crippen LogP contribution is -2.10. The highest BCUT2D eigenvalue weighted by molar-refractivity contribution is 7.10. The van der Waals surface area contributed by atoms with Crippen LogP contribution in [0.5, 0.6) is 0 Å². The summed E-state index contributed by atoms with van der Waals surface area (Å²) in [5, 5.41) is 13.7. The fourth-order valence-corrected chi connectivity index (χ4v) is 2.56. The van der Waals surface area contributed by atoms with Crippen LogP contribution in [0.4, 0.5) is 18.9 Å². The van der Waals surface area contributed by atoms with E-state index in [9.17, 15) is 13.2 Å². The number of benzene rings is 1. The number of rotatable bonds is 3. The summed E-state index contributed by atoms with van der Waals surface area (Å²) in [5.74, 6) is 0. The van der Waals surface area contributed by atoms with Crippen LogP contribution in [-0.2, 0) is 6.18 Å². The molecule has 1 aromatic heterocycles. The molecule has 0 spiro atoms. The molecule has 6 heteroatoms. The first kappa shape index (κ1) is 14.4. The molecule has 0 aliphatic carbocycles. The summed E-state index contributed by atoms with van der Waals surface area (Å²) >= 11 is 1.53. The lowest BCUT2D eigenvalue weighted by atomic mass is 10.1. The second kappa shape index (κ2) is 5.55. The molecule has 0 aliphatic heterocycles. The van der Waals surface area contributed by atoms with Gasteiger partial charge >= 0.3 is 6.18 Å². The number of anilines is 1. The summed E-state index contributed by atoms with van der Waals surface area (Å²) in [6.45, 7) is 1.87. The Morgan fingerprint density at radius 1 is 1.30 bits per heavy atom. The summed E-state index contributed by atoms with van der Waals surface area (Å²) in [6.07, 6.45) is -4.53. The largest absolute Gasteiger partial charge is 0.417 e. The molecule has 0 radical (unpaired) electrons. The molecule has 0 fully saturated rings. The van der Waals surface area contributed by atoms with E-state index < -0.39 is 11.7 Å². The first-order chi connectivity index (χ1) is 9.41. The Hall–Kier alpha value is -2.00. The second-order valence-electron chi connectivity index (χ2n) is 4.25. The van der Waals surface area contributed by atoms with Gasteiger partial charge in [0.1, 0.15) is 0 Å². The van der Waals surface area contributed by atoms with E-state index in [1.165, 1.54) is 23.5 Å². The molecule has 2 aromatic rings. The molecule has 20 heavy (non-hydrogen) atoms. The summed E-state index contributed by atoms with van der Waals surface area (Å²) in [5.41, 5.74) is -0.938. The van der Waals surface area contributed by atoms with Crippen molar-refractivity contribution in [2.45, 2.75) is 19.1 Å². The fourth-order valence-electron chi connectivity index (χ4n) is 1.82. The van der Waals surface area contributed by atoms with Crippen LogP contribution in [0.25, 0.3) is 0 Å². The normalized spacial score (nSPS) is 12.8. The zero-order valence-electron chi connectivity index (χ0n) is 10.5. The lowest BCUT2D eigenvalue weighted by molar-refractivity contribution is -0.137. The molecule has 0 saturated carbocycles. The molecule has 2 nitrogen and oxygen atoms in total. The Morgan fingerprint density at radius 3 is 2.60 bits per heavy atom. The van der Waals surface area contributed by atoms with Crippen LogP contribution in [0.2, 0.25) is 0 Å². The van der Waals surface area contributed by atoms with E-state index >= 15 is 0 Å². The monoisotopic (exact) mass is 296 g/mol. The molecule has 0 aliphatic rings. The minimum absolute atomic E-state index is 0.0935. The van der Waals surface area contributed by atoms with Crippen molar-refractivity contribution in [1.29, 1.82) is 5.26 Å². The van der Waals surface area contributed by atoms with E-state index in [0.29, 0.717) is 5.69 Å². The average molecular weight is 296 g/mol. The number of hydrogen-bond donors (Lipinski definition) is 1. The van der Waals surface area contributed by atoms with Gasteiger partial charge in [-0.25, -0.2) is 0 Å². The van der Waals surface area contributed by atoms with E-state index in [4.69, 9.17) is 5.26 Å². The number of alkyl halides is 3. The van der Waals surface area contributed by atoms with Crippen molar-refractivity contribution in [3.05, 3.63) is 51.7 Å². The van der Waals surface area contributed by atoms with Crippen molar-refractivity contribution in [2.24, 2.45) is 0 Å². The van der Waals surface area contributed by atoms with Crippen LogP contribution in [0, 0.1) is 11.3 Å². The maximum absolute atomic E-state index is 12.8. The Kier molecular flexibility index (Phi) is 4.00. The number of nitrogens with zero attached hydrogens (tertiary/aromatic N) is 1. The molecule has 1 heterocycles. The van der Waals surface area contributed by atoms with Crippen molar-refractivity contribution in [2.75, 3.05) is 5.32 Å². The van der Waals surface area contributed by atoms with Crippen LogP contribution in [0.3, 0.4) is 0 Å². The molecular formula is C14H11F3N2S. The molecular weight excluding hydrogens is 285 g/mol. The molecule has 1 N–H and O–H groups in total. The molecule has 0 saturated heterocycles. The van der Waals surface area contributed by atoms with E-state index in [1.54, 1.807) is 6.07 Å². The zero-order chi connectivity index (χ0) is 14.8. The Balaban J connectivity index is 2.28. The average Bonchev–Trinajstić information content (AvgIpc) is 2.91. The van der Waals surface area contributed by atoms with Gasteiger partial charge < -0.3 is 5.32 Å². The molecule has 0 amide bonds. The zero-order valence-corrected chi connectivity index (χ0v) is 11.3. The van der Waals surface area contributed by atoms with Crippen LogP contribution < -0.4 is 5.32 Å². The quantitative estimate of drug-likeness (QED) is 0.882. The van der Waals surface area contributed by atoms with Gasteiger partial charge in [0, 0.05) is 10.6 Å². The first-order valence-corrected chi connectivity index (χ1v) is 6.71. The van der Waals surface area contributed by atoms with Crippen molar-refractivity contribution < 1.29 is 13.2 Å². The van der Waals surface area contributed by atoms with E-state index in [-0.39, 0.29) is 11.6 Å². The van der Waals surface area contributed by atoms with Crippen LogP contribution in [-0.4, -0.2) is 0 Å². The number of halogens is 3. The highest BCUT2D eigenvalue weighted by atomic mass is 32.1. The van der Waals surface area contributed by atoms with Crippen molar-refractivity contribution in [3.63, 3.8) is 0 Å². The minimum atomic E-state index is -4.53. The molecule has 0 bridgehead atoms. The SMILES string of the molecule is CC(Nc1ccc(C#N)c(C(F)(F)F)c1)c1cccs1. The van der Waals surface area contributed by atoms with Gasteiger partial charge in [0.15, 0.2) is 0 Å². The molecule has 1 aromatic carbocycles. The number of nitrogens with one attached hydrogen (secondary N) is 1. The van der Waals surface area contributed by atoms with Gasteiger partial charge in [0.25, 0.3) is 0 Å². The highest BCUT2D eigenvalue weighted by Gasteiger charge is 2.33. The third-order valence-electron chi connectivity index (χ3n) is 2.80. The maximum atomic E-state index is 12.8. The molecule has 104 valence electrons. The third kappa shape index (κ3) is 3.11. The van der Waals surface area contributed by atoms with E-state index in [0.717, 1.165) is 10.9 Å². The third-order valence-corrected chi connectivity index (χ3v) is 3.85. The van der Waals surface area contributed by atoms with Gasteiger partial charge in [-0.2, -0.15) is 18.4 Å². The maximum Gasteiger partial charge on any atom is 0.417 e. The van der Waals surface area contributed by atoms with E-state index in [1.807, 2.05) is 24.4 Å². The summed E-state index contributed by atoms with van der Waals surface area (Å²) in [7, 11) is 0. The van der Waals surface area contributed by atoms with Gasteiger partial charge in [-0.3, -0.25) is 0 Å². The van der Waals surface area contributed by atoms with Crippen molar-refractivity contribution in [1.82, 2.24) is 0 Å². The number of hydrogen-bond acceptors (Lipinski definition) is 3. The Morgan fingerprint density at radius 2 is 2.05 bits per heavy atom. The molecule has 2 rings (SSSR count). The van der Waals surface area contributed by atoms with Crippen LogP contribution >= 0.6 is 11.3 Å². The second-order valence-corrected chi connectivity index (χ2v) is 5.23. The summed E-state index contributed by atoms with van der Waals surface area (Å²) < 4.78 is 38.5. The summed E-state index contributed by atoms with van der Waals surface area (Å²) in [4.78, 5) is 1.03. The van der Waals surface area contributed by atoms with Crippen LogP contribution in [0.1, 0.15) is 29.0 Å². The first-order valence-electron chi connectivity index (χ1n) is 5.83. The Labute approximate surface area is 118 Å². The highest BCUT2D eigenvalue weighted by Crippen LogP contribution is 2.34.